The Morgan fingerprint density at radius 3 is 2.72 bits per heavy atom. The Labute approximate surface area is 152 Å². The molecule has 2 aromatic carbocycles. The Kier molecular flexibility index (Phi) is 4.13. The molecule has 0 bridgehead atoms. The Morgan fingerprint density at radius 2 is 1.92 bits per heavy atom. The van der Waals surface area contributed by atoms with E-state index in [1.807, 2.05) is 60.0 Å². The van der Waals surface area contributed by atoms with Gasteiger partial charge in [-0.2, -0.15) is 0 Å². The van der Waals surface area contributed by atoms with Gasteiger partial charge in [-0.25, -0.2) is 4.98 Å². The molecule has 0 radical (unpaired) electrons. The maximum atomic E-state index is 12.3. The van der Waals surface area contributed by atoms with Crippen molar-refractivity contribution >= 4 is 44.9 Å². The maximum absolute atomic E-state index is 12.3. The molecule has 0 spiro atoms. The average molecular weight is 369 g/mol. The third-order valence-electron chi connectivity index (χ3n) is 3.70. The summed E-state index contributed by atoms with van der Waals surface area (Å²) in [6, 6.07) is 17.0. The van der Waals surface area contributed by atoms with Gasteiger partial charge in [0, 0.05) is 26.9 Å². The first-order valence-corrected chi connectivity index (χ1v) is 8.80. The van der Waals surface area contributed by atoms with Crippen LogP contribution in [0.5, 0.6) is 0 Å². The number of para-hydroxylation sites is 1. The molecule has 0 saturated carbocycles. The van der Waals surface area contributed by atoms with Crippen molar-refractivity contribution in [3.05, 3.63) is 70.7 Å². The number of nitrogens with one attached hydrogen (secondary N) is 3. The number of aromatic amines is 1. The van der Waals surface area contributed by atoms with Gasteiger partial charge in [-0.05, 0) is 24.3 Å². The minimum absolute atomic E-state index is 0.251. The molecule has 0 fully saturated rings. The SMILES string of the molecule is O=C(NNc1nc(-c2ccc(Cl)cc2)cs1)c1cc2ccccc2[nH]1. The summed E-state index contributed by atoms with van der Waals surface area (Å²) in [4.78, 5) is 19.8. The van der Waals surface area contributed by atoms with E-state index in [-0.39, 0.29) is 5.91 Å². The molecule has 1 amide bonds. The van der Waals surface area contributed by atoms with E-state index in [1.54, 1.807) is 0 Å². The summed E-state index contributed by atoms with van der Waals surface area (Å²) in [5.41, 5.74) is 8.71. The van der Waals surface area contributed by atoms with Gasteiger partial charge >= 0.3 is 0 Å². The van der Waals surface area contributed by atoms with E-state index >= 15 is 0 Å². The number of fused-ring (bicyclic) bond motifs is 1. The second-order valence-electron chi connectivity index (χ2n) is 5.39. The number of hydrazine groups is 1. The number of hydrogen-bond donors (Lipinski definition) is 3. The normalized spacial score (nSPS) is 10.8. The van der Waals surface area contributed by atoms with Crippen LogP contribution >= 0.6 is 22.9 Å². The van der Waals surface area contributed by atoms with Gasteiger partial charge in [0.15, 0.2) is 0 Å². The highest BCUT2D eigenvalue weighted by molar-refractivity contribution is 7.14. The summed E-state index contributed by atoms with van der Waals surface area (Å²) in [6.45, 7) is 0. The lowest BCUT2D eigenvalue weighted by molar-refractivity contribution is 0.0958. The fourth-order valence-corrected chi connectivity index (χ4v) is 3.26. The van der Waals surface area contributed by atoms with E-state index < -0.39 is 0 Å². The second-order valence-corrected chi connectivity index (χ2v) is 6.69. The van der Waals surface area contributed by atoms with E-state index in [1.165, 1.54) is 11.3 Å². The van der Waals surface area contributed by atoms with Crippen LogP contribution < -0.4 is 10.9 Å². The third-order valence-corrected chi connectivity index (χ3v) is 4.71. The van der Waals surface area contributed by atoms with E-state index in [0.717, 1.165) is 22.2 Å². The van der Waals surface area contributed by atoms with Crippen molar-refractivity contribution in [2.45, 2.75) is 0 Å². The fourth-order valence-electron chi connectivity index (χ4n) is 2.46. The molecule has 4 rings (SSSR count). The number of H-pyrrole nitrogens is 1. The van der Waals surface area contributed by atoms with Gasteiger partial charge in [0.2, 0.25) is 5.13 Å². The Morgan fingerprint density at radius 1 is 1.12 bits per heavy atom. The third kappa shape index (κ3) is 3.35. The predicted octanol–water partition coefficient (Wildman–Crippen LogP) is 4.70. The van der Waals surface area contributed by atoms with Crippen LogP contribution in [-0.4, -0.2) is 15.9 Å². The molecule has 2 aromatic heterocycles. The number of rotatable bonds is 4. The van der Waals surface area contributed by atoms with Crippen LogP contribution in [0.1, 0.15) is 10.5 Å². The number of aromatic nitrogens is 2. The van der Waals surface area contributed by atoms with E-state index in [2.05, 4.69) is 20.8 Å². The molecule has 4 aromatic rings. The standard InChI is InChI=1S/C18H13ClN4OS/c19-13-7-5-11(6-8-13)16-10-25-18(21-16)23-22-17(24)15-9-12-3-1-2-4-14(12)20-15/h1-10,20H,(H,21,23)(H,22,24). The van der Waals surface area contributed by atoms with Crippen molar-refractivity contribution in [3.8, 4) is 11.3 Å². The van der Waals surface area contributed by atoms with Crippen molar-refractivity contribution in [2.24, 2.45) is 0 Å². The van der Waals surface area contributed by atoms with Crippen LogP contribution in [0.2, 0.25) is 5.02 Å². The quantitative estimate of drug-likeness (QED) is 0.457. The smallest absolute Gasteiger partial charge is 0.286 e. The van der Waals surface area contributed by atoms with E-state index in [0.29, 0.717) is 15.8 Å². The lowest BCUT2D eigenvalue weighted by Crippen LogP contribution is -2.29. The molecule has 0 aliphatic carbocycles. The van der Waals surface area contributed by atoms with Gasteiger partial charge in [0.05, 0.1) is 5.69 Å². The van der Waals surface area contributed by atoms with Gasteiger partial charge in [-0.1, -0.05) is 41.9 Å². The van der Waals surface area contributed by atoms with Gasteiger partial charge in [-0.3, -0.25) is 15.6 Å². The Hall–Kier alpha value is -2.83. The van der Waals surface area contributed by atoms with Gasteiger partial charge in [0.1, 0.15) is 5.69 Å². The molecule has 0 atom stereocenters. The number of nitrogens with zero attached hydrogens (tertiary/aromatic N) is 1. The number of anilines is 1. The zero-order chi connectivity index (χ0) is 17.2. The number of benzene rings is 2. The van der Waals surface area contributed by atoms with Crippen molar-refractivity contribution in [1.29, 1.82) is 0 Å². The van der Waals surface area contributed by atoms with Crippen molar-refractivity contribution in [3.63, 3.8) is 0 Å². The molecule has 7 heteroatoms. The maximum Gasteiger partial charge on any atom is 0.286 e. The summed E-state index contributed by atoms with van der Waals surface area (Å²) in [6.07, 6.45) is 0. The molecule has 25 heavy (non-hydrogen) atoms. The van der Waals surface area contributed by atoms with E-state index in [4.69, 9.17) is 11.6 Å². The first kappa shape index (κ1) is 15.7. The zero-order valence-electron chi connectivity index (χ0n) is 12.9. The molecule has 0 saturated heterocycles. The summed E-state index contributed by atoms with van der Waals surface area (Å²) in [7, 11) is 0. The number of carbonyl (C=O) groups is 1. The first-order valence-electron chi connectivity index (χ1n) is 7.54. The number of halogens is 1. The first-order chi connectivity index (χ1) is 12.2. The monoisotopic (exact) mass is 368 g/mol. The molecule has 5 nitrogen and oxygen atoms in total. The van der Waals surface area contributed by atoms with Crippen LogP contribution in [0.3, 0.4) is 0 Å². The number of amides is 1. The fraction of sp³-hybridized carbons (Fsp3) is 0. The van der Waals surface area contributed by atoms with Crippen LogP contribution in [0.15, 0.2) is 60.0 Å². The largest absolute Gasteiger partial charge is 0.350 e. The second kappa shape index (κ2) is 6.58. The average Bonchev–Trinajstić information content (AvgIpc) is 3.27. The summed E-state index contributed by atoms with van der Waals surface area (Å²) < 4.78 is 0. The van der Waals surface area contributed by atoms with Gasteiger partial charge in [-0.15, -0.1) is 11.3 Å². The van der Waals surface area contributed by atoms with Crippen LogP contribution in [-0.2, 0) is 0 Å². The Balaban J connectivity index is 1.44. The van der Waals surface area contributed by atoms with Gasteiger partial charge in [0.25, 0.3) is 5.91 Å². The highest BCUT2D eigenvalue weighted by atomic mass is 35.5. The summed E-state index contributed by atoms with van der Waals surface area (Å²) >= 11 is 7.31. The zero-order valence-corrected chi connectivity index (χ0v) is 14.5. The summed E-state index contributed by atoms with van der Waals surface area (Å²) in [5.74, 6) is -0.251. The molecular formula is C18H13ClN4OS. The van der Waals surface area contributed by atoms with Crippen molar-refractivity contribution in [1.82, 2.24) is 15.4 Å². The number of hydrogen-bond acceptors (Lipinski definition) is 4. The summed E-state index contributed by atoms with van der Waals surface area (Å²) in [5, 5.41) is 4.20. The number of carbonyl (C=O) groups excluding carboxylic acids is 1. The molecule has 0 unspecified atom stereocenters. The Bertz CT molecular complexity index is 1010. The minimum Gasteiger partial charge on any atom is -0.350 e. The molecular weight excluding hydrogens is 356 g/mol. The molecule has 0 aliphatic rings. The topological polar surface area (TPSA) is 69.8 Å². The van der Waals surface area contributed by atoms with Crippen LogP contribution in [0.4, 0.5) is 5.13 Å². The van der Waals surface area contributed by atoms with Crippen molar-refractivity contribution < 1.29 is 4.79 Å². The molecule has 124 valence electrons. The lowest BCUT2D eigenvalue weighted by atomic mass is 10.2. The van der Waals surface area contributed by atoms with Crippen LogP contribution in [0, 0.1) is 0 Å². The highest BCUT2D eigenvalue weighted by Crippen LogP contribution is 2.25. The van der Waals surface area contributed by atoms with Crippen LogP contribution in [0.25, 0.3) is 22.2 Å². The molecule has 0 aliphatic heterocycles. The molecule has 2 heterocycles. The predicted molar refractivity (Wildman–Crippen MR) is 102 cm³/mol. The highest BCUT2D eigenvalue weighted by Gasteiger charge is 2.10. The lowest BCUT2D eigenvalue weighted by Gasteiger charge is -2.03. The number of thiazole rings is 1. The van der Waals surface area contributed by atoms with Gasteiger partial charge < -0.3 is 4.98 Å². The molecule has 3 N–H and O–H groups in total. The van der Waals surface area contributed by atoms with E-state index in [9.17, 15) is 4.79 Å². The van der Waals surface area contributed by atoms with Crippen molar-refractivity contribution in [2.75, 3.05) is 5.43 Å². The minimum atomic E-state index is -0.251.